The van der Waals surface area contributed by atoms with Crippen LogP contribution < -0.4 is 10.1 Å². The van der Waals surface area contributed by atoms with E-state index in [9.17, 15) is 4.79 Å². The Hall–Kier alpha value is -2.33. The van der Waals surface area contributed by atoms with Gasteiger partial charge in [0, 0.05) is 13.1 Å². The Kier molecular flexibility index (Phi) is 7.10. The van der Waals surface area contributed by atoms with Crippen molar-refractivity contribution in [3.63, 3.8) is 0 Å². The van der Waals surface area contributed by atoms with Crippen molar-refractivity contribution in [1.29, 1.82) is 0 Å². The van der Waals surface area contributed by atoms with Gasteiger partial charge in [0.1, 0.15) is 5.75 Å². The molecule has 1 amide bonds. The second-order valence-corrected chi connectivity index (χ2v) is 7.91. The lowest BCUT2D eigenvalue weighted by Gasteiger charge is -2.27. The van der Waals surface area contributed by atoms with Crippen LogP contribution >= 0.6 is 0 Å². The molecule has 0 aromatic heterocycles. The number of amides is 1. The highest BCUT2D eigenvalue weighted by Gasteiger charge is 2.16. The molecule has 1 aliphatic heterocycles. The average molecular weight is 381 g/mol. The summed E-state index contributed by atoms with van der Waals surface area (Å²) in [4.78, 5) is 15.1. The lowest BCUT2D eigenvalue weighted by Crippen LogP contribution is -2.36. The zero-order valence-electron chi connectivity index (χ0n) is 17.3. The smallest absolute Gasteiger partial charge is 0.261 e. The molecule has 2 aromatic carbocycles. The molecule has 1 fully saturated rings. The first-order chi connectivity index (χ1) is 13.5. The van der Waals surface area contributed by atoms with Crippen LogP contribution in [0.1, 0.15) is 48.4 Å². The van der Waals surface area contributed by atoms with Crippen LogP contribution in [0.5, 0.6) is 5.75 Å². The predicted molar refractivity (Wildman–Crippen MR) is 113 cm³/mol. The molecule has 3 rings (SSSR count). The molecule has 1 atom stereocenters. The zero-order chi connectivity index (χ0) is 19.9. The molecule has 0 saturated carbocycles. The Morgan fingerprint density at radius 2 is 1.68 bits per heavy atom. The van der Waals surface area contributed by atoms with Gasteiger partial charge in [-0.15, -0.1) is 0 Å². The summed E-state index contributed by atoms with van der Waals surface area (Å²) in [6.45, 7) is 9.69. The van der Waals surface area contributed by atoms with Crippen LogP contribution in [-0.2, 0) is 17.9 Å². The molecular formula is C24H32N2O2. The average Bonchev–Trinajstić information content (AvgIpc) is 2.67. The van der Waals surface area contributed by atoms with Crippen molar-refractivity contribution in [2.24, 2.45) is 0 Å². The SMILES string of the molecule is Cc1cc(C)cc(O[C@H](C)C(=O)NCc2ccccc2CN2CCCCC2)c1. The van der Waals surface area contributed by atoms with E-state index in [2.05, 4.69) is 34.5 Å². The van der Waals surface area contributed by atoms with E-state index in [1.807, 2.05) is 32.0 Å². The third kappa shape index (κ3) is 5.83. The van der Waals surface area contributed by atoms with Crippen LogP contribution in [0.4, 0.5) is 0 Å². The number of likely N-dealkylation sites (tertiary alicyclic amines) is 1. The Bertz CT molecular complexity index is 777. The van der Waals surface area contributed by atoms with Gasteiger partial charge in [0.15, 0.2) is 6.10 Å². The number of nitrogens with zero attached hydrogens (tertiary/aromatic N) is 1. The second-order valence-electron chi connectivity index (χ2n) is 7.91. The number of hydrogen-bond donors (Lipinski definition) is 1. The molecule has 0 spiro atoms. The highest BCUT2D eigenvalue weighted by molar-refractivity contribution is 5.80. The van der Waals surface area contributed by atoms with Crippen molar-refractivity contribution in [2.75, 3.05) is 13.1 Å². The van der Waals surface area contributed by atoms with E-state index in [-0.39, 0.29) is 5.91 Å². The first-order valence-electron chi connectivity index (χ1n) is 10.3. The summed E-state index contributed by atoms with van der Waals surface area (Å²) in [7, 11) is 0. The van der Waals surface area contributed by atoms with Crippen molar-refractivity contribution in [3.8, 4) is 5.75 Å². The number of piperidine rings is 1. The lowest BCUT2D eigenvalue weighted by molar-refractivity contribution is -0.127. The summed E-state index contributed by atoms with van der Waals surface area (Å²) in [5.41, 5.74) is 4.75. The van der Waals surface area contributed by atoms with Gasteiger partial charge in [0.05, 0.1) is 0 Å². The van der Waals surface area contributed by atoms with Crippen LogP contribution in [-0.4, -0.2) is 30.0 Å². The van der Waals surface area contributed by atoms with E-state index in [1.54, 1.807) is 6.92 Å². The van der Waals surface area contributed by atoms with Gasteiger partial charge in [-0.25, -0.2) is 0 Å². The number of ether oxygens (including phenoxy) is 1. The minimum absolute atomic E-state index is 0.0908. The summed E-state index contributed by atoms with van der Waals surface area (Å²) in [5, 5.41) is 3.04. The maximum Gasteiger partial charge on any atom is 0.261 e. The summed E-state index contributed by atoms with van der Waals surface area (Å²) in [6, 6.07) is 14.4. The molecule has 150 valence electrons. The molecule has 1 saturated heterocycles. The summed E-state index contributed by atoms with van der Waals surface area (Å²) >= 11 is 0. The Morgan fingerprint density at radius 1 is 1.04 bits per heavy atom. The van der Waals surface area contributed by atoms with Crippen molar-refractivity contribution in [1.82, 2.24) is 10.2 Å². The molecule has 0 radical (unpaired) electrons. The maximum atomic E-state index is 12.5. The largest absolute Gasteiger partial charge is 0.481 e. The Morgan fingerprint density at radius 3 is 2.36 bits per heavy atom. The minimum atomic E-state index is -0.532. The van der Waals surface area contributed by atoms with Gasteiger partial charge < -0.3 is 10.1 Å². The van der Waals surface area contributed by atoms with E-state index in [4.69, 9.17) is 4.74 Å². The van der Waals surface area contributed by atoms with E-state index in [0.29, 0.717) is 6.54 Å². The van der Waals surface area contributed by atoms with E-state index < -0.39 is 6.10 Å². The monoisotopic (exact) mass is 380 g/mol. The molecule has 4 nitrogen and oxygen atoms in total. The molecule has 1 heterocycles. The molecule has 28 heavy (non-hydrogen) atoms. The molecule has 2 aromatic rings. The molecule has 1 aliphatic rings. The van der Waals surface area contributed by atoms with E-state index in [1.165, 1.54) is 43.5 Å². The van der Waals surface area contributed by atoms with Crippen LogP contribution in [0.2, 0.25) is 0 Å². The number of hydrogen-bond acceptors (Lipinski definition) is 3. The molecule has 0 bridgehead atoms. The lowest BCUT2D eigenvalue weighted by atomic mass is 10.0. The molecule has 1 N–H and O–H groups in total. The van der Waals surface area contributed by atoms with E-state index >= 15 is 0 Å². The first-order valence-corrected chi connectivity index (χ1v) is 10.3. The fraction of sp³-hybridized carbons (Fsp3) is 0.458. The van der Waals surface area contributed by atoms with Gasteiger partial charge in [-0.2, -0.15) is 0 Å². The summed E-state index contributed by atoms with van der Waals surface area (Å²) in [6.07, 6.45) is 3.38. The summed E-state index contributed by atoms with van der Waals surface area (Å²) < 4.78 is 5.86. The van der Waals surface area contributed by atoms with E-state index in [0.717, 1.165) is 23.4 Å². The third-order valence-electron chi connectivity index (χ3n) is 5.29. The van der Waals surface area contributed by atoms with Crippen LogP contribution in [0.3, 0.4) is 0 Å². The normalized spacial score (nSPS) is 15.8. The molecule has 0 unspecified atom stereocenters. The highest BCUT2D eigenvalue weighted by Crippen LogP contribution is 2.18. The number of carbonyl (C=O) groups excluding carboxylic acids is 1. The summed E-state index contributed by atoms with van der Waals surface area (Å²) in [5.74, 6) is 0.651. The van der Waals surface area contributed by atoms with Crippen molar-refractivity contribution in [2.45, 2.75) is 59.2 Å². The first kappa shape index (κ1) is 20.4. The predicted octanol–water partition coefficient (Wildman–Crippen LogP) is 4.37. The quantitative estimate of drug-likeness (QED) is 0.775. The van der Waals surface area contributed by atoms with Gasteiger partial charge in [0.25, 0.3) is 5.91 Å². The standard InChI is InChI=1S/C24H32N2O2/c1-18-13-19(2)15-23(14-18)28-20(3)24(27)25-16-21-9-5-6-10-22(21)17-26-11-7-4-8-12-26/h5-6,9-10,13-15,20H,4,7-8,11-12,16-17H2,1-3H3,(H,25,27)/t20-/m1/s1. The van der Waals surface area contributed by atoms with Gasteiger partial charge in [-0.3, -0.25) is 9.69 Å². The number of aryl methyl sites for hydroxylation is 2. The highest BCUT2D eigenvalue weighted by atomic mass is 16.5. The maximum absolute atomic E-state index is 12.5. The Balaban J connectivity index is 1.56. The zero-order valence-corrected chi connectivity index (χ0v) is 17.3. The number of carbonyl (C=O) groups is 1. The number of benzene rings is 2. The van der Waals surface area contributed by atoms with Crippen LogP contribution in [0, 0.1) is 13.8 Å². The van der Waals surface area contributed by atoms with Crippen LogP contribution in [0.25, 0.3) is 0 Å². The molecule has 0 aliphatic carbocycles. The fourth-order valence-electron chi connectivity index (χ4n) is 3.83. The van der Waals surface area contributed by atoms with Gasteiger partial charge in [0.2, 0.25) is 0 Å². The van der Waals surface area contributed by atoms with Gasteiger partial charge in [-0.05, 0) is 81.1 Å². The van der Waals surface area contributed by atoms with Crippen molar-refractivity contribution >= 4 is 5.91 Å². The Labute approximate surface area is 168 Å². The topological polar surface area (TPSA) is 41.6 Å². The minimum Gasteiger partial charge on any atom is -0.481 e. The van der Waals surface area contributed by atoms with Gasteiger partial charge in [-0.1, -0.05) is 36.8 Å². The molecule has 4 heteroatoms. The number of rotatable bonds is 7. The van der Waals surface area contributed by atoms with Crippen LogP contribution in [0.15, 0.2) is 42.5 Å². The van der Waals surface area contributed by atoms with Crippen molar-refractivity contribution in [3.05, 3.63) is 64.7 Å². The fourth-order valence-corrected chi connectivity index (χ4v) is 3.83. The van der Waals surface area contributed by atoms with Crippen molar-refractivity contribution < 1.29 is 9.53 Å². The third-order valence-corrected chi connectivity index (χ3v) is 5.29. The number of nitrogens with one attached hydrogen (secondary N) is 1. The molecular weight excluding hydrogens is 348 g/mol. The van der Waals surface area contributed by atoms with Gasteiger partial charge >= 0.3 is 0 Å². The second kappa shape index (κ2) is 9.74.